The van der Waals surface area contributed by atoms with Crippen molar-refractivity contribution in [3.8, 4) is 0 Å². The van der Waals surface area contributed by atoms with Crippen molar-refractivity contribution >= 4 is 23.3 Å². The van der Waals surface area contributed by atoms with Gasteiger partial charge >= 0.3 is 6.03 Å². The van der Waals surface area contributed by atoms with Crippen LogP contribution in [0, 0.1) is 5.92 Å². The van der Waals surface area contributed by atoms with Crippen LogP contribution in [0.3, 0.4) is 0 Å². The predicted molar refractivity (Wildman–Crippen MR) is 93.1 cm³/mol. The second-order valence-electron chi connectivity index (χ2n) is 5.94. The maximum Gasteiger partial charge on any atom is 0.319 e. The van der Waals surface area contributed by atoms with E-state index in [0.717, 1.165) is 38.2 Å². The highest BCUT2D eigenvalue weighted by atomic mass is 35.5. The predicted octanol–water partition coefficient (Wildman–Crippen LogP) is 3.28. The quantitative estimate of drug-likeness (QED) is 0.871. The van der Waals surface area contributed by atoms with Gasteiger partial charge < -0.3 is 15.4 Å². The molecule has 2 aromatic rings. The third-order valence-electron chi connectivity index (χ3n) is 4.04. The zero-order chi connectivity index (χ0) is 16.8. The summed E-state index contributed by atoms with van der Waals surface area (Å²) >= 11 is 5.84. The number of rotatable bonds is 5. The number of aromatic nitrogens is 2. The average Bonchev–Trinajstić information content (AvgIpc) is 3.02. The van der Waals surface area contributed by atoms with Crippen LogP contribution in [0.2, 0.25) is 5.02 Å². The minimum absolute atomic E-state index is 0.254. The molecule has 3 rings (SSSR count). The van der Waals surface area contributed by atoms with Crippen molar-refractivity contribution in [2.75, 3.05) is 18.5 Å². The first kappa shape index (κ1) is 16.8. The van der Waals surface area contributed by atoms with E-state index in [1.54, 1.807) is 18.3 Å². The Morgan fingerprint density at radius 3 is 2.79 bits per heavy atom. The smallest absolute Gasteiger partial charge is 0.319 e. The minimum atomic E-state index is -0.254. The molecule has 1 aromatic heterocycles. The van der Waals surface area contributed by atoms with Crippen LogP contribution < -0.4 is 10.6 Å². The van der Waals surface area contributed by atoms with Gasteiger partial charge in [0.25, 0.3) is 0 Å². The molecule has 1 saturated heterocycles. The zero-order valence-corrected chi connectivity index (χ0v) is 14.1. The molecule has 0 atom stereocenters. The van der Waals surface area contributed by atoms with Gasteiger partial charge in [-0.2, -0.15) is 5.10 Å². The number of ether oxygens (including phenoxy) is 1. The van der Waals surface area contributed by atoms with E-state index in [9.17, 15) is 4.79 Å². The molecule has 1 aliphatic heterocycles. The highest BCUT2D eigenvalue weighted by Crippen LogP contribution is 2.17. The van der Waals surface area contributed by atoms with E-state index < -0.39 is 0 Å². The van der Waals surface area contributed by atoms with E-state index in [0.29, 0.717) is 23.2 Å². The number of amides is 2. The molecule has 0 saturated carbocycles. The third kappa shape index (κ3) is 4.97. The normalized spacial score (nSPS) is 15.2. The first-order valence-electron chi connectivity index (χ1n) is 8.08. The molecule has 2 amide bonds. The van der Waals surface area contributed by atoms with Crippen molar-refractivity contribution in [1.82, 2.24) is 15.1 Å². The first-order chi connectivity index (χ1) is 11.7. The van der Waals surface area contributed by atoms with Gasteiger partial charge in [0, 0.05) is 37.5 Å². The fourth-order valence-electron chi connectivity index (χ4n) is 2.68. The van der Waals surface area contributed by atoms with Crippen LogP contribution in [0.4, 0.5) is 10.5 Å². The lowest BCUT2D eigenvalue weighted by Gasteiger charge is -2.21. The monoisotopic (exact) mass is 348 g/mol. The Hall–Kier alpha value is -2.05. The number of benzene rings is 1. The molecule has 6 nitrogen and oxygen atoms in total. The average molecular weight is 349 g/mol. The molecule has 0 aliphatic carbocycles. The molecule has 0 spiro atoms. The van der Waals surface area contributed by atoms with Gasteiger partial charge in [-0.1, -0.05) is 23.7 Å². The van der Waals surface area contributed by atoms with Gasteiger partial charge in [-0.25, -0.2) is 4.79 Å². The molecule has 1 fully saturated rings. The van der Waals surface area contributed by atoms with E-state index in [1.165, 1.54) is 0 Å². The van der Waals surface area contributed by atoms with Gasteiger partial charge in [-0.05, 0) is 36.5 Å². The standard InChI is InChI=1S/C17H21ClN4O2/c18-15-3-1-13(2-4-15)9-19-17(23)21-16-10-20-22(12-16)11-14-5-7-24-8-6-14/h1-4,10,12,14H,5-9,11H2,(H2,19,21,23). The number of hydrogen-bond donors (Lipinski definition) is 2. The summed E-state index contributed by atoms with van der Waals surface area (Å²) in [6.07, 6.45) is 5.65. The summed E-state index contributed by atoms with van der Waals surface area (Å²) in [4.78, 5) is 12.0. The van der Waals surface area contributed by atoms with Gasteiger partial charge in [0.1, 0.15) is 0 Å². The Morgan fingerprint density at radius 2 is 2.04 bits per heavy atom. The highest BCUT2D eigenvalue weighted by molar-refractivity contribution is 6.30. The van der Waals surface area contributed by atoms with Gasteiger partial charge in [-0.3, -0.25) is 4.68 Å². The van der Waals surface area contributed by atoms with Crippen LogP contribution in [0.15, 0.2) is 36.7 Å². The van der Waals surface area contributed by atoms with Crippen LogP contribution in [0.5, 0.6) is 0 Å². The SMILES string of the molecule is O=C(NCc1ccc(Cl)cc1)Nc1cnn(CC2CCOCC2)c1. The van der Waals surface area contributed by atoms with Crippen molar-refractivity contribution in [2.24, 2.45) is 5.92 Å². The van der Waals surface area contributed by atoms with Gasteiger partial charge in [0.15, 0.2) is 0 Å². The molecule has 1 aromatic carbocycles. The molecule has 128 valence electrons. The van der Waals surface area contributed by atoms with Crippen molar-refractivity contribution in [3.05, 3.63) is 47.2 Å². The Kier molecular flexibility index (Phi) is 5.72. The fourth-order valence-corrected chi connectivity index (χ4v) is 2.81. The van der Waals surface area contributed by atoms with Gasteiger partial charge in [-0.15, -0.1) is 0 Å². The number of anilines is 1. The van der Waals surface area contributed by atoms with E-state index in [4.69, 9.17) is 16.3 Å². The van der Waals surface area contributed by atoms with Gasteiger partial charge in [0.05, 0.1) is 11.9 Å². The van der Waals surface area contributed by atoms with Crippen LogP contribution in [-0.2, 0) is 17.8 Å². The maximum atomic E-state index is 12.0. The molecule has 2 heterocycles. The number of nitrogens with one attached hydrogen (secondary N) is 2. The first-order valence-corrected chi connectivity index (χ1v) is 8.46. The van der Waals surface area contributed by atoms with E-state index in [-0.39, 0.29) is 6.03 Å². The number of carbonyl (C=O) groups excluding carboxylic acids is 1. The van der Waals surface area contributed by atoms with Crippen molar-refractivity contribution < 1.29 is 9.53 Å². The lowest BCUT2D eigenvalue weighted by atomic mass is 10.0. The summed E-state index contributed by atoms with van der Waals surface area (Å²) < 4.78 is 7.24. The van der Waals surface area contributed by atoms with Crippen LogP contribution in [0.1, 0.15) is 18.4 Å². The summed E-state index contributed by atoms with van der Waals surface area (Å²) in [6, 6.07) is 7.12. The highest BCUT2D eigenvalue weighted by Gasteiger charge is 2.15. The Morgan fingerprint density at radius 1 is 1.29 bits per heavy atom. The molecule has 2 N–H and O–H groups in total. The zero-order valence-electron chi connectivity index (χ0n) is 13.4. The molecule has 24 heavy (non-hydrogen) atoms. The lowest BCUT2D eigenvalue weighted by Crippen LogP contribution is -2.28. The Bertz CT molecular complexity index is 665. The minimum Gasteiger partial charge on any atom is -0.381 e. The second kappa shape index (κ2) is 8.17. The van der Waals surface area contributed by atoms with Gasteiger partial charge in [0.2, 0.25) is 0 Å². The molecular formula is C17H21ClN4O2. The molecule has 0 radical (unpaired) electrons. The summed E-state index contributed by atoms with van der Waals surface area (Å²) in [5, 5.41) is 10.6. The molecule has 1 aliphatic rings. The third-order valence-corrected chi connectivity index (χ3v) is 4.30. The topological polar surface area (TPSA) is 68.2 Å². The second-order valence-corrected chi connectivity index (χ2v) is 6.38. The summed E-state index contributed by atoms with van der Waals surface area (Å²) in [5.74, 6) is 0.588. The largest absolute Gasteiger partial charge is 0.381 e. The van der Waals surface area contributed by atoms with Crippen molar-refractivity contribution in [1.29, 1.82) is 0 Å². The Balaban J connectivity index is 1.45. The number of carbonyl (C=O) groups is 1. The van der Waals surface area contributed by atoms with E-state index >= 15 is 0 Å². The summed E-state index contributed by atoms with van der Waals surface area (Å²) in [7, 11) is 0. The fraction of sp³-hybridized carbons (Fsp3) is 0.412. The number of urea groups is 1. The van der Waals surface area contributed by atoms with Crippen LogP contribution >= 0.6 is 11.6 Å². The summed E-state index contributed by atoms with van der Waals surface area (Å²) in [6.45, 7) is 2.95. The van der Waals surface area contributed by atoms with Crippen molar-refractivity contribution in [2.45, 2.75) is 25.9 Å². The lowest BCUT2D eigenvalue weighted by molar-refractivity contribution is 0.0601. The Labute approximate surface area is 146 Å². The van der Waals surface area contributed by atoms with Crippen molar-refractivity contribution in [3.63, 3.8) is 0 Å². The molecule has 7 heteroatoms. The molecular weight excluding hydrogens is 328 g/mol. The maximum absolute atomic E-state index is 12.0. The van der Waals surface area contributed by atoms with E-state index in [2.05, 4.69) is 15.7 Å². The van der Waals surface area contributed by atoms with Crippen LogP contribution in [-0.4, -0.2) is 29.0 Å². The summed E-state index contributed by atoms with van der Waals surface area (Å²) in [5.41, 5.74) is 1.68. The number of nitrogens with zero attached hydrogens (tertiary/aromatic N) is 2. The molecule has 0 bridgehead atoms. The number of hydrogen-bond acceptors (Lipinski definition) is 3. The number of halogens is 1. The van der Waals surface area contributed by atoms with Crippen LogP contribution in [0.25, 0.3) is 0 Å². The molecule has 0 unspecified atom stereocenters. The van der Waals surface area contributed by atoms with E-state index in [1.807, 2.05) is 23.0 Å².